The largest absolute Gasteiger partial charge is 0.468 e. The molecule has 0 aliphatic heterocycles. The van der Waals surface area contributed by atoms with Crippen molar-refractivity contribution in [3.05, 3.63) is 44.8 Å². The molecular weight excluding hydrogens is 314 g/mol. The summed E-state index contributed by atoms with van der Waals surface area (Å²) in [6, 6.07) is 8.10. The molecule has 0 spiro atoms. The van der Waals surface area contributed by atoms with Crippen LogP contribution in [0.2, 0.25) is 0 Å². The number of methoxy groups -OCH3 is 1. The molecule has 3 nitrogen and oxygen atoms in total. The average Bonchev–Trinajstić information content (AvgIpc) is 3.25. The molecule has 0 amide bonds. The molecule has 0 radical (unpaired) electrons. The van der Waals surface area contributed by atoms with E-state index in [0.29, 0.717) is 0 Å². The van der Waals surface area contributed by atoms with E-state index in [4.69, 9.17) is 4.74 Å². The minimum atomic E-state index is -0.681. The Labute approximate surface area is 140 Å². The zero-order valence-corrected chi connectivity index (χ0v) is 15.0. The van der Waals surface area contributed by atoms with Crippen LogP contribution in [-0.2, 0) is 14.9 Å². The van der Waals surface area contributed by atoms with E-state index in [1.54, 1.807) is 22.7 Å². The number of carbonyl (C=O) groups excluding carboxylic acids is 1. The van der Waals surface area contributed by atoms with E-state index in [2.05, 4.69) is 18.7 Å². The summed E-state index contributed by atoms with van der Waals surface area (Å²) in [5.74, 6) is -0.162. The first-order valence-electron chi connectivity index (χ1n) is 7.57. The van der Waals surface area contributed by atoms with E-state index in [9.17, 15) is 4.79 Å². The fourth-order valence-electron chi connectivity index (χ4n) is 2.75. The molecule has 0 aliphatic carbocycles. The molecule has 2 rings (SSSR count). The van der Waals surface area contributed by atoms with Gasteiger partial charge < -0.3 is 9.64 Å². The maximum absolute atomic E-state index is 12.8. The van der Waals surface area contributed by atoms with Crippen molar-refractivity contribution in [2.24, 2.45) is 0 Å². The van der Waals surface area contributed by atoms with Gasteiger partial charge >= 0.3 is 5.97 Å². The molecule has 0 bridgehead atoms. The number of ether oxygens (including phenoxy) is 1. The quantitative estimate of drug-likeness (QED) is 0.682. The van der Waals surface area contributed by atoms with Crippen molar-refractivity contribution < 1.29 is 9.53 Å². The first kappa shape index (κ1) is 17.2. The summed E-state index contributed by atoms with van der Waals surface area (Å²) >= 11 is 3.25. The summed E-state index contributed by atoms with van der Waals surface area (Å²) in [6.45, 7) is 7.16. The van der Waals surface area contributed by atoms with Gasteiger partial charge in [0.2, 0.25) is 0 Å². The molecule has 0 aliphatic rings. The molecule has 0 saturated heterocycles. The summed E-state index contributed by atoms with van der Waals surface area (Å²) < 4.78 is 5.22. The Bertz CT molecular complexity index is 525. The highest BCUT2D eigenvalue weighted by Gasteiger charge is 2.45. The van der Waals surface area contributed by atoms with Gasteiger partial charge in [-0.1, -0.05) is 26.0 Å². The van der Waals surface area contributed by atoms with Gasteiger partial charge in [-0.2, -0.15) is 0 Å². The number of hydrogen-bond donors (Lipinski definition) is 0. The number of thiophene rings is 2. The lowest BCUT2D eigenvalue weighted by molar-refractivity contribution is -0.146. The highest BCUT2D eigenvalue weighted by molar-refractivity contribution is 7.12. The van der Waals surface area contributed by atoms with Crippen LogP contribution in [0, 0.1) is 0 Å². The lowest BCUT2D eigenvalue weighted by atomic mass is 9.81. The standard InChI is InChI=1S/C17H23NO2S2/c1-4-18(5-2)11-10-17(16(19)20-3,14-8-6-12-21-14)15-9-7-13-22-15/h6-9,12-13H,4-5,10-11H2,1-3H3. The maximum atomic E-state index is 12.8. The number of esters is 1. The topological polar surface area (TPSA) is 29.5 Å². The lowest BCUT2D eigenvalue weighted by Gasteiger charge is -2.31. The van der Waals surface area contributed by atoms with Crippen LogP contribution in [0.4, 0.5) is 0 Å². The summed E-state index contributed by atoms with van der Waals surface area (Å²) in [6.07, 6.45) is 0.738. The average molecular weight is 338 g/mol. The van der Waals surface area contributed by atoms with Crippen molar-refractivity contribution in [3.8, 4) is 0 Å². The van der Waals surface area contributed by atoms with Gasteiger partial charge in [0.25, 0.3) is 0 Å². The Balaban J connectivity index is 2.44. The number of nitrogens with zero attached hydrogens (tertiary/aromatic N) is 1. The lowest BCUT2D eigenvalue weighted by Crippen LogP contribution is -2.40. The molecular formula is C17H23NO2S2. The van der Waals surface area contributed by atoms with Crippen molar-refractivity contribution in [2.45, 2.75) is 25.7 Å². The third kappa shape index (κ3) is 3.26. The van der Waals surface area contributed by atoms with Gasteiger partial charge in [-0.25, -0.2) is 0 Å². The van der Waals surface area contributed by atoms with Gasteiger partial charge in [0.1, 0.15) is 5.41 Å². The second-order valence-electron chi connectivity index (χ2n) is 5.13. The predicted octanol–water partition coefficient (Wildman–Crippen LogP) is 4.00. The maximum Gasteiger partial charge on any atom is 0.322 e. The summed E-state index contributed by atoms with van der Waals surface area (Å²) in [5.41, 5.74) is -0.681. The van der Waals surface area contributed by atoms with E-state index in [1.807, 2.05) is 35.0 Å². The van der Waals surface area contributed by atoms with E-state index in [0.717, 1.165) is 35.8 Å². The van der Waals surface area contributed by atoms with E-state index in [1.165, 1.54) is 7.11 Å². The molecule has 0 aromatic carbocycles. The van der Waals surface area contributed by atoms with Crippen LogP contribution in [0.25, 0.3) is 0 Å². The summed E-state index contributed by atoms with van der Waals surface area (Å²) in [7, 11) is 1.48. The van der Waals surface area contributed by atoms with Gasteiger partial charge in [-0.15, -0.1) is 22.7 Å². The van der Waals surface area contributed by atoms with Crippen LogP contribution in [-0.4, -0.2) is 37.6 Å². The van der Waals surface area contributed by atoms with E-state index >= 15 is 0 Å². The van der Waals surface area contributed by atoms with Crippen LogP contribution >= 0.6 is 22.7 Å². The highest BCUT2D eigenvalue weighted by Crippen LogP contribution is 2.41. The molecule has 0 atom stereocenters. The Morgan fingerprint density at radius 1 is 1.14 bits per heavy atom. The molecule has 2 aromatic rings. The Hall–Kier alpha value is -1.17. The highest BCUT2D eigenvalue weighted by atomic mass is 32.1. The van der Waals surface area contributed by atoms with Crippen LogP contribution in [0.3, 0.4) is 0 Å². The first-order valence-corrected chi connectivity index (χ1v) is 9.33. The second-order valence-corrected chi connectivity index (χ2v) is 7.02. The first-order chi connectivity index (χ1) is 10.7. The minimum Gasteiger partial charge on any atom is -0.468 e. The third-order valence-corrected chi connectivity index (χ3v) is 6.18. The van der Waals surface area contributed by atoms with Gasteiger partial charge in [-0.3, -0.25) is 4.79 Å². The molecule has 0 saturated carbocycles. The van der Waals surface area contributed by atoms with Crippen molar-refractivity contribution in [1.82, 2.24) is 4.90 Å². The molecule has 0 fully saturated rings. The van der Waals surface area contributed by atoms with Gasteiger partial charge in [0, 0.05) is 9.75 Å². The van der Waals surface area contributed by atoms with Crippen molar-refractivity contribution in [1.29, 1.82) is 0 Å². The zero-order chi connectivity index (χ0) is 16.0. The molecule has 2 heterocycles. The van der Waals surface area contributed by atoms with Crippen LogP contribution < -0.4 is 0 Å². The molecule has 0 N–H and O–H groups in total. The molecule has 120 valence electrons. The zero-order valence-electron chi connectivity index (χ0n) is 13.4. The SMILES string of the molecule is CCN(CC)CCC(C(=O)OC)(c1cccs1)c1cccs1. The Morgan fingerprint density at radius 3 is 2.05 bits per heavy atom. The second kappa shape index (κ2) is 7.90. The fraction of sp³-hybridized carbons (Fsp3) is 0.471. The van der Waals surface area contributed by atoms with Crippen molar-refractivity contribution in [2.75, 3.05) is 26.7 Å². The smallest absolute Gasteiger partial charge is 0.322 e. The molecule has 22 heavy (non-hydrogen) atoms. The normalized spacial score (nSPS) is 11.8. The molecule has 5 heteroatoms. The number of hydrogen-bond acceptors (Lipinski definition) is 5. The Morgan fingerprint density at radius 2 is 1.68 bits per heavy atom. The number of rotatable bonds is 8. The monoisotopic (exact) mass is 337 g/mol. The third-order valence-electron chi connectivity index (χ3n) is 4.11. The predicted molar refractivity (Wildman–Crippen MR) is 93.8 cm³/mol. The van der Waals surface area contributed by atoms with Crippen molar-refractivity contribution in [3.63, 3.8) is 0 Å². The number of carbonyl (C=O) groups is 1. The molecule has 2 aromatic heterocycles. The molecule has 0 unspecified atom stereocenters. The van der Waals surface area contributed by atoms with Crippen LogP contribution in [0.15, 0.2) is 35.0 Å². The van der Waals surface area contributed by atoms with Crippen molar-refractivity contribution >= 4 is 28.6 Å². The minimum absolute atomic E-state index is 0.162. The Kier molecular flexibility index (Phi) is 6.17. The fourth-order valence-corrected chi connectivity index (χ4v) is 4.73. The summed E-state index contributed by atoms with van der Waals surface area (Å²) in [5, 5.41) is 4.05. The van der Waals surface area contributed by atoms with Crippen LogP contribution in [0.1, 0.15) is 30.0 Å². The van der Waals surface area contributed by atoms with Gasteiger partial charge in [0.15, 0.2) is 0 Å². The van der Waals surface area contributed by atoms with E-state index < -0.39 is 5.41 Å². The van der Waals surface area contributed by atoms with Gasteiger partial charge in [-0.05, 0) is 48.9 Å². The summed E-state index contributed by atoms with van der Waals surface area (Å²) in [4.78, 5) is 17.3. The van der Waals surface area contributed by atoms with Gasteiger partial charge in [0.05, 0.1) is 7.11 Å². The van der Waals surface area contributed by atoms with Crippen LogP contribution in [0.5, 0.6) is 0 Å². The van der Waals surface area contributed by atoms with E-state index in [-0.39, 0.29) is 5.97 Å².